The molecule has 32 heavy (non-hydrogen) atoms. The summed E-state index contributed by atoms with van der Waals surface area (Å²) >= 11 is 0. The number of ether oxygens (including phenoxy) is 1. The van der Waals surface area contributed by atoms with E-state index in [9.17, 15) is 17.6 Å². The summed E-state index contributed by atoms with van der Waals surface area (Å²) in [6.45, 7) is 4.67. The van der Waals surface area contributed by atoms with E-state index in [0.717, 1.165) is 25.7 Å². The maximum Gasteiger partial charge on any atom is 0.255 e. The number of carbonyl (C=O) groups excluding carboxylic acids is 1. The number of rotatable bonds is 8. The Kier molecular flexibility index (Phi) is 9.75. The van der Waals surface area contributed by atoms with Gasteiger partial charge in [0.15, 0.2) is 0 Å². The zero-order chi connectivity index (χ0) is 22.5. The Morgan fingerprint density at radius 1 is 1.16 bits per heavy atom. The summed E-state index contributed by atoms with van der Waals surface area (Å²) in [5.74, 6) is -0.336. The second-order valence-electron chi connectivity index (χ2n) is 8.51. The summed E-state index contributed by atoms with van der Waals surface area (Å²) in [6.07, 6.45) is 5.90. The van der Waals surface area contributed by atoms with E-state index in [0.29, 0.717) is 44.7 Å². The molecule has 0 bridgehead atoms. The number of hydrogen-bond donors (Lipinski definition) is 1. The SMILES string of the molecule is CCCS(=O)(=O)N1CCN(C2(CNC(=O)c3ccc(F)cc3OC)CCCCC2)CC1.Cl. The van der Waals surface area contributed by atoms with E-state index in [-0.39, 0.29) is 35.4 Å². The molecule has 182 valence electrons. The van der Waals surface area contributed by atoms with Gasteiger partial charge in [-0.05, 0) is 31.4 Å². The van der Waals surface area contributed by atoms with Crippen LogP contribution in [0, 0.1) is 5.82 Å². The number of hydrogen-bond acceptors (Lipinski definition) is 5. The Morgan fingerprint density at radius 3 is 2.41 bits per heavy atom. The van der Waals surface area contributed by atoms with Crippen molar-refractivity contribution in [2.75, 3.05) is 45.6 Å². The molecule has 2 fully saturated rings. The number of piperazine rings is 1. The van der Waals surface area contributed by atoms with E-state index < -0.39 is 15.8 Å². The molecular weight excluding hydrogens is 457 g/mol. The fraction of sp³-hybridized carbons (Fsp3) is 0.682. The third-order valence-corrected chi connectivity index (χ3v) is 8.61. The first-order valence-electron chi connectivity index (χ1n) is 11.2. The van der Waals surface area contributed by atoms with Gasteiger partial charge in [-0.1, -0.05) is 26.2 Å². The number of amides is 1. The summed E-state index contributed by atoms with van der Waals surface area (Å²) in [5, 5.41) is 3.05. The van der Waals surface area contributed by atoms with Crippen molar-refractivity contribution in [2.24, 2.45) is 0 Å². The lowest BCUT2D eigenvalue weighted by atomic mass is 9.79. The van der Waals surface area contributed by atoms with Gasteiger partial charge in [0.1, 0.15) is 11.6 Å². The second-order valence-corrected chi connectivity index (χ2v) is 10.6. The third-order valence-electron chi connectivity index (χ3n) is 6.54. The predicted molar refractivity (Wildman–Crippen MR) is 126 cm³/mol. The normalized spacial score (nSPS) is 19.7. The molecule has 0 aromatic heterocycles. The fourth-order valence-corrected chi connectivity index (χ4v) is 6.33. The van der Waals surface area contributed by atoms with Gasteiger partial charge >= 0.3 is 0 Å². The van der Waals surface area contributed by atoms with Crippen molar-refractivity contribution in [3.8, 4) is 5.75 Å². The van der Waals surface area contributed by atoms with Gasteiger partial charge in [0, 0.05) is 44.3 Å². The monoisotopic (exact) mass is 491 g/mol. The lowest BCUT2D eigenvalue weighted by Gasteiger charge is -2.49. The van der Waals surface area contributed by atoms with Crippen LogP contribution in [0.2, 0.25) is 0 Å². The van der Waals surface area contributed by atoms with Crippen LogP contribution in [0.25, 0.3) is 0 Å². The van der Waals surface area contributed by atoms with Gasteiger partial charge in [-0.15, -0.1) is 12.4 Å². The van der Waals surface area contributed by atoms with Gasteiger partial charge in [-0.2, -0.15) is 4.31 Å². The van der Waals surface area contributed by atoms with Crippen molar-refractivity contribution in [2.45, 2.75) is 51.0 Å². The Labute approximate surface area is 197 Å². The number of methoxy groups -OCH3 is 1. The van der Waals surface area contributed by atoms with Crippen molar-refractivity contribution in [1.82, 2.24) is 14.5 Å². The van der Waals surface area contributed by atoms with Crippen LogP contribution in [0.5, 0.6) is 5.75 Å². The second kappa shape index (κ2) is 11.6. The largest absolute Gasteiger partial charge is 0.496 e. The van der Waals surface area contributed by atoms with Gasteiger partial charge in [0.25, 0.3) is 5.91 Å². The van der Waals surface area contributed by atoms with E-state index in [2.05, 4.69) is 10.2 Å². The van der Waals surface area contributed by atoms with Crippen LogP contribution in [-0.2, 0) is 10.0 Å². The molecule has 2 aliphatic rings. The van der Waals surface area contributed by atoms with E-state index in [1.165, 1.54) is 31.7 Å². The van der Waals surface area contributed by atoms with Crippen molar-refractivity contribution in [1.29, 1.82) is 0 Å². The van der Waals surface area contributed by atoms with Crippen LogP contribution < -0.4 is 10.1 Å². The Hall–Kier alpha value is -1.42. The molecule has 1 aliphatic carbocycles. The molecule has 1 amide bonds. The zero-order valence-electron chi connectivity index (χ0n) is 18.9. The van der Waals surface area contributed by atoms with Crippen LogP contribution >= 0.6 is 12.4 Å². The molecule has 1 saturated heterocycles. The summed E-state index contributed by atoms with van der Waals surface area (Å²) in [4.78, 5) is 15.2. The highest BCUT2D eigenvalue weighted by Gasteiger charge is 2.41. The molecule has 1 aromatic carbocycles. The molecule has 0 spiro atoms. The van der Waals surface area contributed by atoms with Crippen LogP contribution in [0.4, 0.5) is 4.39 Å². The molecule has 1 aliphatic heterocycles. The maximum absolute atomic E-state index is 13.5. The number of nitrogens with one attached hydrogen (secondary N) is 1. The van der Waals surface area contributed by atoms with Crippen molar-refractivity contribution in [3.63, 3.8) is 0 Å². The van der Waals surface area contributed by atoms with Gasteiger partial charge in [0.05, 0.1) is 18.4 Å². The number of carbonyl (C=O) groups is 1. The maximum atomic E-state index is 13.5. The number of benzene rings is 1. The first-order valence-corrected chi connectivity index (χ1v) is 12.8. The van der Waals surface area contributed by atoms with E-state index in [1.807, 2.05) is 6.92 Å². The standard InChI is InChI=1S/C22H34FN3O4S.ClH/c1-3-15-31(28,29)26-13-11-25(12-14-26)22(9-5-4-6-10-22)17-24-21(27)19-8-7-18(23)16-20(19)30-2;/h7-8,16H,3-6,9-15,17H2,1-2H3,(H,24,27);1H. The van der Waals surface area contributed by atoms with Crippen LogP contribution in [0.15, 0.2) is 18.2 Å². The molecular formula is C22H35ClFN3O4S. The molecule has 1 aromatic rings. The molecule has 0 radical (unpaired) electrons. The highest BCUT2D eigenvalue weighted by Crippen LogP contribution is 2.34. The van der Waals surface area contributed by atoms with Crippen LogP contribution in [0.1, 0.15) is 55.8 Å². The summed E-state index contributed by atoms with van der Waals surface area (Å²) < 4.78 is 45.1. The smallest absolute Gasteiger partial charge is 0.255 e. The minimum Gasteiger partial charge on any atom is -0.496 e. The minimum atomic E-state index is -3.19. The summed E-state index contributed by atoms with van der Waals surface area (Å²) in [5.41, 5.74) is 0.132. The molecule has 0 unspecified atom stereocenters. The lowest BCUT2D eigenvalue weighted by molar-refractivity contribution is 0.0240. The molecule has 0 atom stereocenters. The van der Waals surface area contributed by atoms with E-state index in [1.54, 1.807) is 4.31 Å². The zero-order valence-corrected chi connectivity index (χ0v) is 20.6. The van der Waals surface area contributed by atoms with Gasteiger partial charge in [0.2, 0.25) is 10.0 Å². The van der Waals surface area contributed by atoms with E-state index in [4.69, 9.17) is 4.74 Å². The van der Waals surface area contributed by atoms with Crippen LogP contribution in [0.3, 0.4) is 0 Å². The minimum absolute atomic E-state index is 0. The van der Waals surface area contributed by atoms with Gasteiger partial charge in [-0.3, -0.25) is 9.69 Å². The fourth-order valence-electron chi connectivity index (χ4n) is 4.84. The molecule has 1 saturated carbocycles. The number of sulfonamides is 1. The molecule has 3 rings (SSSR count). The first kappa shape index (κ1) is 26.8. The van der Waals surface area contributed by atoms with E-state index >= 15 is 0 Å². The Morgan fingerprint density at radius 2 is 1.81 bits per heavy atom. The molecule has 10 heteroatoms. The van der Waals surface area contributed by atoms with Crippen LogP contribution in [-0.4, -0.2) is 74.7 Å². The number of halogens is 2. The molecule has 1 N–H and O–H groups in total. The third kappa shape index (κ3) is 6.12. The summed E-state index contributed by atoms with van der Waals surface area (Å²) in [7, 11) is -1.77. The van der Waals surface area contributed by atoms with Crippen molar-refractivity contribution >= 4 is 28.3 Å². The topological polar surface area (TPSA) is 79.0 Å². The van der Waals surface area contributed by atoms with Crippen molar-refractivity contribution in [3.05, 3.63) is 29.6 Å². The van der Waals surface area contributed by atoms with Gasteiger partial charge in [-0.25, -0.2) is 12.8 Å². The first-order chi connectivity index (χ1) is 14.8. The predicted octanol–water partition coefficient (Wildman–Crippen LogP) is 3.05. The molecule has 1 heterocycles. The highest BCUT2D eigenvalue weighted by atomic mass is 35.5. The average Bonchev–Trinajstić information content (AvgIpc) is 2.78. The Bertz CT molecular complexity index is 870. The average molecular weight is 492 g/mol. The Balaban J connectivity index is 0.00000363. The molecule has 7 nitrogen and oxygen atoms in total. The lowest BCUT2D eigenvalue weighted by Crippen LogP contribution is -2.62. The highest BCUT2D eigenvalue weighted by molar-refractivity contribution is 7.89. The number of nitrogens with zero attached hydrogens (tertiary/aromatic N) is 2. The van der Waals surface area contributed by atoms with Gasteiger partial charge < -0.3 is 10.1 Å². The quantitative estimate of drug-likeness (QED) is 0.604. The summed E-state index contributed by atoms with van der Waals surface area (Å²) in [6, 6.07) is 3.90. The van der Waals surface area contributed by atoms with Crippen molar-refractivity contribution < 1.29 is 22.3 Å².